The quantitative estimate of drug-likeness (QED) is 0.681. The molecule has 1 N–H and O–H groups in total. The van der Waals surface area contributed by atoms with E-state index in [0.29, 0.717) is 11.3 Å². The van der Waals surface area contributed by atoms with E-state index in [4.69, 9.17) is 0 Å². The SMILES string of the molecule is O=C(Nc1ccc(C(=O)CBr)cc1)OBr. The second kappa shape index (κ2) is 5.87. The second-order valence-electron chi connectivity index (χ2n) is 2.62. The second-order valence-corrected chi connectivity index (χ2v) is 3.51. The van der Waals surface area contributed by atoms with Crippen molar-refractivity contribution in [2.75, 3.05) is 10.6 Å². The molecule has 0 fully saturated rings. The predicted molar refractivity (Wildman–Crippen MR) is 63.6 cm³/mol. The van der Waals surface area contributed by atoms with Gasteiger partial charge in [-0.25, -0.2) is 4.79 Å². The summed E-state index contributed by atoms with van der Waals surface area (Å²) in [6.45, 7) is 0. The molecule has 0 aliphatic heterocycles. The maximum atomic E-state index is 11.2. The number of amides is 1. The highest BCUT2D eigenvalue weighted by Crippen LogP contribution is 2.11. The van der Waals surface area contributed by atoms with E-state index >= 15 is 0 Å². The van der Waals surface area contributed by atoms with Gasteiger partial charge in [0.05, 0.1) is 5.33 Å². The van der Waals surface area contributed by atoms with Crippen molar-refractivity contribution < 1.29 is 13.4 Å². The van der Waals surface area contributed by atoms with Crippen LogP contribution in [-0.4, -0.2) is 17.2 Å². The number of benzene rings is 1. The molecular weight excluding hydrogens is 330 g/mol. The minimum Gasteiger partial charge on any atom is -0.367 e. The number of carbonyl (C=O) groups excluding carboxylic acids is 2. The molecule has 0 radical (unpaired) electrons. The maximum absolute atomic E-state index is 11.2. The first kappa shape index (κ1) is 12.2. The van der Waals surface area contributed by atoms with Gasteiger partial charge in [-0.15, -0.1) is 0 Å². The van der Waals surface area contributed by atoms with Crippen molar-refractivity contribution in [3.05, 3.63) is 29.8 Å². The molecule has 0 heterocycles. The molecule has 1 aromatic carbocycles. The highest BCUT2D eigenvalue weighted by atomic mass is 79.9. The average Bonchev–Trinajstić information content (AvgIpc) is 2.29. The van der Waals surface area contributed by atoms with Crippen LogP contribution >= 0.6 is 32.2 Å². The number of carbonyl (C=O) groups is 2. The third kappa shape index (κ3) is 3.64. The molecule has 0 unspecified atom stereocenters. The molecule has 4 nitrogen and oxygen atoms in total. The molecule has 0 aliphatic carbocycles. The zero-order chi connectivity index (χ0) is 11.3. The number of hydrogen-bond donors (Lipinski definition) is 1. The molecule has 0 saturated carbocycles. The van der Waals surface area contributed by atoms with Crippen LogP contribution in [0.15, 0.2) is 24.3 Å². The first-order valence-corrected chi connectivity index (χ1v) is 5.73. The fraction of sp³-hybridized carbons (Fsp3) is 0.111. The smallest absolute Gasteiger partial charge is 0.367 e. The van der Waals surface area contributed by atoms with Crippen LogP contribution in [0.1, 0.15) is 10.4 Å². The Labute approximate surface area is 104 Å². The third-order valence-corrected chi connectivity index (χ3v) is 2.45. The van der Waals surface area contributed by atoms with Gasteiger partial charge in [-0.3, -0.25) is 10.1 Å². The Morgan fingerprint density at radius 2 is 1.87 bits per heavy atom. The van der Waals surface area contributed by atoms with Crippen LogP contribution in [0.3, 0.4) is 0 Å². The molecule has 0 atom stereocenters. The molecule has 1 aromatic rings. The number of ketones is 1. The summed E-state index contributed by atoms with van der Waals surface area (Å²) in [5, 5.41) is 2.73. The van der Waals surface area contributed by atoms with E-state index in [9.17, 15) is 9.59 Å². The standard InChI is InChI=1S/C9H7Br2NO3/c10-5-8(13)6-1-3-7(4-2-6)12-9(14)15-11/h1-4H,5H2,(H,12,14). The Balaban J connectivity index is 2.72. The number of nitrogens with one attached hydrogen (secondary N) is 1. The number of anilines is 1. The van der Waals surface area contributed by atoms with Gasteiger partial charge in [-0.05, 0) is 24.3 Å². The predicted octanol–water partition coefficient (Wildman–Crippen LogP) is 3.12. The van der Waals surface area contributed by atoms with Gasteiger partial charge < -0.3 is 3.83 Å². The minimum absolute atomic E-state index is 0.00961. The highest BCUT2D eigenvalue weighted by Gasteiger charge is 2.05. The third-order valence-electron chi connectivity index (χ3n) is 1.64. The van der Waals surface area contributed by atoms with Crippen molar-refractivity contribution >= 4 is 49.8 Å². The number of rotatable bonds is 3. The molecule has 15 heavy (non-hydrogen) atoms. The Bertz CT molecular complexity index is 364. The van der Waals surface area contributed by atoms with Gasteiger partial charge >= 0.3 is 6.09 Å². The molecule has 1 rings (SSSR count). The van der Waals surface area contributed by atoms with Crippen LogP contribution in [0.5, 0.6) is 0 Å². The van der Waals surface area contributed by atoms with Gasteiger partial charge in [-0.2, -0.15) is 0 Å². The van der Waals surface area contributed by atoms with Crippen LogP contribution < -0.4 is 5.32 Å². The largest absolute Gasteiger partial charge is 0.423 e. The van der Waals surface area contributed by atoms with Gasteiger partial charge in [0.15, 0.2) is 22.0 Å². The lowest BCUT2D eigenvalue weighted by atomic mass is 10.1. The topological polar surface area (TPSA) is 55.4 Å². The van der Waals surface area contributed by atoms with Crippen LogP contribution in [0.25, 0.3) is 0 Å². The zero-order valence-corrected chi connectivity index (χ0v) is 10.7. The Kier molecular flexibility index (Phi) is 4.77. The summed E-state index contributed by atoms with van der Waals surface area (Å²) in [5.74, 6) is -0.00961. The van der Waals surface area contributed by atoms with E-state index in [1.54, 1.807) is 24.3 Å². The van der Waals surface area contributed by atoms with Crippen LogP contribution in [0.4, 0.5) is 10.5 Å². The number of halogens is 2. The molecule has 0 saturated heterocycles. The number of alkyl halides is 1. The Morgan fingerprint density at radius 1 is 1.27 bits per heavy atom. The van der Waals surface area contributed by atoms with Gasteiger partial charge in [0.1, 0.15) is 0 Å². The maximum Gasteiger partial charge on any atom is 0.423 e. The molecule has 80 valence electrons. The van der Waals surface area contributed by atoms with Gasteiger partial charge in [0.25, 0.3) is 0 Å². The highest BCUT2D eigenvalue weighted by molar-refractivity contribution is 9.09. The summed E-state index contributed by atoms with van der Waals surface area (Å²) in [6, 6.07) is 6.51. The Morgan fingerprint density at radius 3 is 2.33 bits per heavy atom. The summed E-state index contributed by atoms with van der Waals surface area (Å²) in [7, 11) is 0. The van der Waals surface area contributed by atoms with Gasteiger partial charge in [0.2, 0.25) is 0 Å². The van der Waals surface area contributed by atoms with E-state index in [1.807, 2.05) is 0 Å². The van der Waals surface area contributed by atoms with E-state index in [2.05, 4.69) is 41.3 Å². The molecular formula is C9H7Br2NO3. The lowest BCUT2D eigenvalue weighted by molar-refractivity contribution is 0.102. The minimum atomic E-state index is -0.616. The molecule has 6 heteroatoms. The summed E-state index contributed by atoms with van der Waals surface area (Å²) in [6.07, 6.45) is -0.616. The summed E-state index contributed by atoms with van der Waals surface area (Å²) >= 11 is 5.62. The zero-order valence-electron chi connectivity index (χ0n) is 7.50. The van der Waals surface area contributed by atoms with Crippen molar-refractivity contribution in [3.63, 3.8) is 0 Å². The van der Waals surface area contributed by atoms with Crippen LogP contribution in [-0.2, 0) is 3.83 Å². The van der Waals surface area contributed by atoms with Crippen molar-refractivity contribution in [3.8, 4) is 0 Å². The first-order chi connectivity index (χ1) is 7.17. The molecule has 1 amide bonds. The average molecular weight is 337 g/mol. The summed E-state index contributed by atoms with van der Waals surface area (Å²) in [5.41, 5.74) is 1.15. The van der Waals surface area contributed by atoms with E-state index in [0.717, 1.165) is 0 Å². The van der Waals surface area contributed by atoms with Crippen molar-refractivity contribution in [2.24, 2.45) is 0 Å². The van der Waals surface area contributed by atoms with Crippen LogP contribution in [0.2, 0.25) is 0 Å². The van der Waals surface area contributed by atoms with Gasteiger partial charge in [-0.1, -0.05) is 15.9 Å². The summed E-state index contributed by atoms with van der Waals surface area (Å²) in [4.78, 5) is 22.0. The van der Waals surface area contributed by atoms with E-state index < -0.39 is 6.09 Å². The molecule has 0 bridgehead atoms. The van der Waals surface area contributed by atoms with Crippen LogP contribution in [0, 0.1) is 0 Å². The van der Waals surface area contributed by atoms with Crippen molar-refractivity contribution in [1.82, 2.24) is 0 Å². The van der Waals surface area contributed by atoms with Crippen molar-refractivity contribution in [2.45, 2.75) is 0 Å². The monoisotopic (exact) mass is 335 g/mol. The molecule has 0 aliphatic rings. The number of Topliss-reactive ketones (excluding diaryl/α,β-unsaturated/α-hetero) is 1. The fourth-order valence-corrected chi connectivity index (χ4v) is 1.36. The molecule has 0 spiro atoms. The molecule has 0 aromatic heterocycles. The Hall–Kier alpha value is -0.880. The lowest BCUT2D eigenvalue weighted by Gasteiger charge is -2.02. The lowest BCUT2D eigenvalue weighted by Crippen LogP contribution is -2.08. The number of hydrogen-bond acceptors (Lipinski definition) is 3. The first-order valence-electron chi connectivity index (χ1n) is 3.96. The summed E-state index contributed by atoms with van der Waals surface area (Å²) < 4.78 is 4.24. The fourth-order valence-electron chi connectivity index (χ4n) is 0.954. The van der Waals surface area contributed by atoms with Crippen molar-refractivity contribution in [1.29, 1.82) is 0 Å². The van der Waals surface area contributed by atoms with E-state index in [1.165, 1.54) is 0 Å². The van der Waals surface area contributed by atoms with E-state index in [-0.39, 0.29) is 11.1 Å². The van der Waals surface area contributed by atoms with Gasteiger partial charge in [0, 0.05) is 11.3 Å². The normalized spacial score (nSPS) is 9.47.